The van der Waals surface area contributed by atoms with Crippen molar-refractivity contribution in [1.29, 1.82) is 5.41 Å². The molecule has 1 heterocycles. The normalized spacial score (nSPS) is 11.7. The molecule has 144 valence electrons. The number of ether oxygens (including phenoxy) is 1. The van der Waals surface area contributed by atoms with E-state index in [1.165, 1.54) is 12.1 Å². The summed E-state index contributed by atoms with van der Waals surface area (Å²) in [7, 11) is 0. The molecular formula is C15H16F3N7O2. The number of phenols is 1. The summed E-state index contributed by atoms with van der Waals surface area (Å²) < 4.78 is 41.6. The van der Waals surface area contributed by atoms with Crippen LogP contribution in [0.25, 0.3) is 0 Å². The predicted octanol–water partition coefficient (Wildman–Crippen LogP) is 1.99. The first-order valence-corrected chi connectivity index (χ1v) is 7.46. The second-order valence-electron chi connectivity index (χ2n) is 5.08. The fraction of sp³-hybridized carbons (Fsp3) is 0.200. The van der Waals surface area contributed by atoms with E-state index in [0.29, 0.717) is 0 Å². The van der Waals surface area contributed by atoms with Gasteiger partial charge in [0.2, 0.25) is 11.9 Å². The van der Waals surface area contributed by atoms with E-state index in [1.54, 1.807) is 12.1 Å². The molecule has 1 aromatic carbocycles. The smallest absolute Gasteiger partial charge is 0.422 e. The molecule has 0 radical (unpaired) electrons. The van der Waals surface area contributed by atoms with Crippen LogP contribution in [0.5, 0.6) is 11.8 Å². The number of phenolic OH excluding ortho intramolecular Hbond substituents is 1. The lowest BCUT2D eigenvalue weighted by Gasteiger charge is -2.12. The number of nitrogens with one attached hydrogen (secondary N) is 3. The molecule has 0 aliphatic carbocycles. The molecule has 2 rings (SSSR count). The van der Waals surface area contributed by atoms with Crippen LogP contribution in [0.1, 0.15) is 5.56 Å². The molecule has 0 saturated heterocycles. The maximum Gasteiger partial charge on any atom is 0.422 e. The molecule has 0 unspecified atom stereocenters. The first-order chi connectivity index (χ1) is 12.8. The molecule has 12 heteroatoms. The lowest BCUT2D eigenvalue weighted by molar-refractivity contribution is -0.154. The topological polar surface area (TPSA) is 142 Å². The number of anilines is 2. The second-order valence-corrected chi connectivity index (χ2v) is 5.08. The molecule has 0 spiro atoms. The molecule has 0 aliphatic rings. The molecule has 27 heavy (non-hydrogen) atoms. The number of nitrogens with two attached hydrogens (primary N) is 1. The minimum absolute atomic E-state index is 0.0564. The lowest BCUT2D eigenvalue weighted by Crippen LogP contribution is -2.21. The van der Waals surface area contributed by atoms with Crippen molar-refractivity contribution in [2.24, 2.45) is 5.73 Å². The Kier molecular flexibility index (Phi) is 6.36. The third-order valence-corrected chi connectivity index (χ3v) is 2.96. The van der Waals surface area contributed by atoms with Crippen LogP contribution in [0.2, 0.25) is 0 Å². The van der Waals surface area contributed by atoms with E-state index < -0.39 is 18.8 Å². The third kappa shape index (κ3) is 6.68. The van der Waals surface area contributed by atoms with Gasteiger partial charge in [-0.1, -0.05) is 12.1 Å². The van der Waals surface area contributed by atoms with Crippen LogP contribution in [-0.4, -0.2) is 39.1 Å². The SMILES string of the molecule is N=C/C(=C\N)Nc1nc(NCc2ccc(O)cc2)nc(OCC(F)(F)F)n1. The number of alkyl halides is 3. The number of aromatic hydroxyl groups is 1. The van der Waals surface area contributed by atoms with Crippen molar-refractivity contribution in [2.45, 2.75) is 12.7 Å². The van der Waals surface area contributed by atoms with Crippen molar-refractivity contribution in [3.05, 3.63) is 41.7 Å². The van der Waals surface area contributed by atoms with Crippen LogP contribution in [-0.2, 0) is 6.54 Å². The van der Waals surface area contributed by atoms with Gasteiger partial charge in [0.25, 0.3) is 0 Å². The number of hydrogen-bond donors (Lipinski definition) is 5. The minimum atomic E-state index is -4.56. The van der Waals surface area contributed by atoms with Gasteiger partial charge in [-0.15, -0.1) is 0 Å². The van der Waals surface area contributed by atoms with Crippen molar-refractivity contribution >= 4 is 18.1 Å². The van der Waals surface area contributed by atoms with Crippen LogP contribution in [0.4, 0.5) is 25.1 Å². The summed E-state index contributed by atoms with van der Waals surface area (Å²) in [5.41, 5.74) is 6.19. The average molecular weight is 383 g/mol. The Morgan fingerprint density at radius 1 is 1.19 bits per heavy atom. The second kappa shape index (κ2) is 8.69. The van der Waals surface area contributed by atoms with E-state index in [0.717, 1.165) is 18.0 Å². The van der Waals surface area contributed by atoms with Crippen molar-refractivity contribution in [2.75, 3.05) is 17.2 Å². The highest BCUT2D eigenvalue weighted by molar-refractivity contribution is 5.79. The van der Waals surface area contributed by atoms with Gasteiger partial charge in [-0.25, -0.2) is 0 Å². The standard InChI is InChI=1S/C15H16F3N7O2/c16-15(17,18)8-27-14-24-12(21-7-9-1-3-11(26)4-2-9)23-13(25-14)22-10(5-19)6-20/h1-6,19,26H,7-8,20H2,(H2,21,22,23,24,25)/b10-6+,19-5?. The summed E-state index contributed by atoms with van der Waals surface area (Å²) in [5, 5.41) is 21.8. The highest BCUT2D eigenvalue weighted by atomic mass is 19.4. The zero-order valence-corrected chi connectivity index (χ0v) is 13.8. The Morgan fingerprint density at radius 2 is 1.85 bits per heavy atom. The van der Waals surface area contributed by atoms with Crippen LogP contribution in [0.3, 0.4) is 0 Å². The zero-order chi connectivity index (χ0) is 19.9. The Morgan fingerprint density at radius 3 is 2.44 bits per heavy atom. The van der Waals surface area contributed by atoms with E-state index in [9.17, 15) is 18.3 Å². The van der Waals surface area contributed by atoms with Crippen LogP contribution < -0.4 is 21.1 Å². The molecule has 0 amide bonds. The van der Waals surface area contributed by atoms with Crippen molar-refractivity contribution < 1.29 is 23.0 Å². The summed E-state index contributed by atoms with van der Waals surface area (Å²) in [6.45, 7) is -1.34. The first-order valence-electron chi connectivity index (χ1n) is 7.46. The van der Waals surface area contributed by atoms with Crippen LogP contribution in [0.15, 0.2) is 36.2 Å². The molecule has 0 fully saturated rings. The predicted molar refractivity (Wildman–Crippen MR) is 91.5 cm³/mol. The maximum atomic E-state index is 12.4. The Hall–Kier alpha value is -3.57. The van der Waals surface area contributed by atoms with Crippen molar-refractivity contribution in [3.63, 3.8) is 0 Å². The fourth-order valence-corrected chi connectivity index (χ4v) is 1.75. The number of nitrogens with zero attached hydrogens (tertiary/aromatic N) is 3. The van der Waals surface area contributed by atoms with Crippen LogP contribution in [0, 0.1) is 5.41 Å². The molecule has 0 saturated carbocycles. The zero-order valence-electron chi connectivity index (χ0n) is 13.8. The van der Waals surface area contributed by atoms with Gasteiger partial charge in [-0.05, 0) is 17.7 Å². The van der Waals surface area contributed by atoms with Gasteiger partial charge in [0, 0.05) is 19.0 Å². The van der Waals surface area contributed by atoms with E-state index in [4.69, 9.17) is 11.1 Å². The van der Waals surface area contributed by atoms with Gasteiger partial charge in [-0.3, -0.25) is 0 Å². The summed E-state index contributed by atoms with van der Waals surface area (Å²) >= 11 is 0. The van der Waals surface area contributed by atoms with Crippen molar-refractivity contribution in [3.8, 4) is 11.8 Å². The summed E-state index contributed by atoms with van der Waals surface area (Å²) in [4.78, 5) is 11.5. The van der Waals surface area contributed by atoms with Gasteiger partial charge in [0.1, 0.15) is 5.75 Å². The molecular weight excluding hydrogens is 367 g/mol. The molecule has 0 bridgehead atoms. The minimum Gasteiger partial charge on any atom is -0.508 e. The highest BCUT2D eigenvalue weighted by Gasteiger charge is 2.29. The largest absolute Gasteiger partial charge is 0.508 e. The number of aromatic nitrogens is 3. The fourth-order valence-electron chi connectivity index (χ4n) is 1.75. The first kappa shape index (κ1) is 19.8. The van der Waals surface area contributed by atoms with Gasteiger partial charge in [0.05, 0.1) is 5.70 Å². The quantitative estimate of drug-likeness (QED) is 0.436. The summed E-state index contributed by atoms with van der Waals surface area (Å²) in [6.07, 6.45) is -2.61. The number of halogens is 3. The third-order valence-electron chi connectivity index (χ3n) is 2.96. The average Bonchev–Trinajstić information content (AvgIpc) is 2.63. The lowest BCUT2D eigenvalue weighted by atomic mass is 10.2. The Balaban J connectivity index is 2.19. The molecule has 2 aromatic rings. The Labute approximate surface area is 151 Å². The number of allylic oxidation sites excluding steroid dienone is 1. The maximum absolute atomic E-state index is 12.4. The van der Waals surface area contributed by atoms with Crippen molar-refractivity contribution in [1.82, 2.24) is 15.0 Å². The van der Waals surface area contributed by atoms with Gasteiger partial charge < -0.3 is 31.6 Å². The van der Waals surface area contributed by atoms with E-state index >= 15 is 0 Å². The monoisotopic (exact) mass is 383 g/mol. The summed E-state index contributed by atoms with van der Waals surface area (Å²) in [5.74, 6) is -0.115. The Bertz CT molecular complexity index is 810. The van der Waals surface area contributed by atoms with Gasteiger partial charge >= 0.3 is 12.2 Å². The van der Waals surface area contributed by atoms with Crippen LogP contribution >= 0.6 is 0 Å². The number of benzene rings is 1. The number of rotatable bonds is 8. The van der Waals surface area contributed by atoms with Gasteiger partial charge in [-0.2, -0.15) is 28.1 Å². The molecule has 0 aliphatic heterocycles. The highest BCUT2D eigenvalue weighted by Crippen LogP contribution is 2.18. The molecule has 1 aromatic heterocycles. The summed E-state index contributed by atoms with van der Waals surface area (Å²) in [6, 6.07) is 5.71. The molecule has 6 N–H and O–H groups in total. The molecule has 0 atom stereocenters. The molecule has 9 nitrogen and oxygen atoms in total. The van der Waals surface area contributed by atoms with Gasteiger partial charge in [0.15, 0.2) is 6.61 Å². The van der Waals surface area contributed by atoms with E-state index in [-0.39, 0.29) is 29.9 Å². The van der Waals surface area contributed by atoms with E-state index in [1.807, 2.05) is 0 Å². The van der Waals surface area contributed by atoms with E-state index in [2.05, 4.69) is 30.3 Å². The number of hydrogen-bond acceptors (Lipinski definition) is 9.